The molecule has 2 nitrogen and oxygen atoms in total. The van der Waals surface area contributed by atoms with E-state index >= 15 is 0 Å². The highest BCUT2D eigenvalue weighted by Crippen LogP contribution is 2.24. The number of aliphatic hydroxyl groups excluding tert-OH is 1. The second kappa shape index (κ2) is 5.27. The van der Waals surface area contributed by atoms with Gasteiger partial charge in [-0.15, -0.1) is 0 Å². The lowest BCUT2D eigenvalue weighted by atomic mass is 9.99. The van der Waals surface area contributed by atoms with E-state index in [4.69, 9.17) is 0 Å². The van der Waals surface area contributed by atoms with Crippen LogP contribution in [0, 0.1) is 5.82 Å². The average Bonchev–Trinajstić information content (AvgIpc) is 2.38. The van der Waals surface area contributed by atoms with Gasteiger partial charge in [-0.25, -0.2) is 4.39 Å². The van der Waals surface area contributed by atoms with Gasteiger partial charge >= 0.3 is 0 Å². The minimum absolute atomic E-state index is 0.0646. The molecule has 0 fully saturated rings. The Bertz CT molecular complexity index is 522. The molecule has 1 unspecified atom stereocenters. The summed E-state index contributed by atoms with van der Waals surface area (Å²) in [5.74, 6) is -0.0549. The van der Waals surface area contributed by atoms with E-state index in [1.165, 1.54) is 23.9 Å². The number of hydrogen-bond donors (Lipinski definition) is 1. The number of halogens is 1. The van der Waals surface area contributed by atoms with Crippen molar-refractivity contribution < 1.29 is 9.50 Å². The van der Waals surface area contributed by atoms with Gasteiger partial charge in [0.1, 0.15) is 17.6 Å². The van der Waals surface area contributed by atoms with Crippen LogP contribution in [0.4, 0.5) is 4.39 Å². The van der Waals surface area contributed by atoms with E-state index < -0.39 is 11.9 Å². The maximum absolute atomic E-state index is 13.5. The maximum Gasteiger partial charge on any atom is 0.147 e. The normalized spacial score (nSPS) is 12.7. The lowest BCUT2D eigenvalue weighted by molar-refractivity contribution is 0.209. The maximum atomic E-state index is 13.5. The Morgan fingerprint density at radius 2 is 1.67 bits per heavy atom. The number of pyridine rings is 1. The molecule has 3 heteroatoms. The summed E-state index contributed by atoms with van der Waals surface area (Å²) >= 11 is 0. The topological polar surface area (TPSA) is 33.1 Å². The van der Waals surface area contributed by atoms with Crippen LogP contribution in [0.5, 0.6) is 0 Å². The van der Waals surface area contributed by atoms with Crippen molar-refractivity contribution in [3.63, 3.8) is 0 Å². The van der Waals surface area contributed by atoms with Crippen LogP contribution < -0.4 is 0 Å². The molecule has 1 N–H and O–H groups in total. The minimum Gasteiger partial charge on any atom is -0.382 e. The predicted octanol–water partition coefficient (Wildman–Crippen LogP) is 3.43. The monoisotopic (exact) mass is 245 g/mol. The van der Waals surface area contributed by atoms with Crippen LogP contribution in [-0.2, 0) is 0 Å². The van der Waals surface area contributed by atoms with Crippen molar-refractivity contribution in [1.29, 1.82) is 0 Å². The Hall–Kier alpha value is -1.74. The number of benzene rings is 1. The fourth-order valence-corrected chi connectivity index (χ4v) is 1.82. The SMILES string of the molecule is CC(C)c1ccc(C(O)c2ncccc2F)cc1. The highest BCUT2D eigenvalue weighted by atomic mass is 19.1. The van der Waals surface area contributed by atoms with E-state index in [2.05, 4.69) is 18.8 Å². The van der Waals surface area contributed by atoms with E-state index in [9.17, 15) is 9.50 Å². The molecule has 0 amide bonds. The first-order valence-corrected chi connectivity index (χ1v) is 5.98. The summed E-state index contributed by atoms with van der Waals surface area (Å²) in [6, 6.07) is 10.3. The Morgan fingerprint density at radius 3 is 2.22 bits per heavy atom. The van der Waals surface area contributed by atoms with Crippen LogP contribution in [0.1, 0.15) is 42.7 Å². The zero-order valence-corrected chi connectivity index (χ0v) is 10.5. The van der Waals surface area contributed by atoms with E-state index in [0.717, 1.165) is 0 Å². The highest BCUT2D eigenvalue weighted by molar-refractivity contribution is 5.30. The average molecular weight is 245 g/mol. The van der Waals surface area contributed by atoms with Crippen LogP contribution in [0.2, 0.25) is 0 Å². The van der Waals surface area contributed by atoms with Gasteiger partial charge in [-0.05, 0) is 29.2 Å². The molecule has 0 radical (unpaired) electrons. The first kappa shape index (κ1) is 12.7. The van der Waals surface area contributed by atoms with Crippen molar-refractivity contribution in [2.75, 3.05) is 0 Å². The largest absolute Gasteiger partial charge is 0.382 e. The summed E-state index contributed by atoms with van der Waals surface area (Å²) in [5.41, 5.74) is 1.90. The summed E-state index contributed by atoms with van der Waals surface area (Å²) in [5, 5.41) is 10.1. The third-order valence-corrected chi connectivity index (χ3v) is 2.96. The molecule has 2 rings (SSSR count). The van der Waals surface area contributed by atoms with Gasteiger partial charge in [0.25, 0.3) is 0 Å². The van der Waals surface area contributed by atoms with Crippen LogP contribution in [-0.4, -0.2) is 10.1 Å². The number of rotatable bonds is 3. The molecule has 1 aromatic carbocycles. The molecular formula is C15H16FNO. The van der Waals surface area contributed by atoms with Gasteiger partial charge in [-0.2, -0.15) is 0 Å². The standard InChI is InChI=1S/C15H16FNO/c1-10(2)11-5-7-12(8-6-11)15(18)14-13(16)4-3-9-17-14/h3-10,15,18H,1-2H3. The Balaban J connectivity index is 2.29. The van der Waals surface area contributed by atoms with Crippen molar-refractivity contribution >= 4 is 0 Å². The molecule has 0 spiro atoms. The van der Waals surface area contributed by atoms with Crippen LogP contribution >= 0.6 is 0 Å². The Labute approximate surface area is 106 Å². The quantitative estimate of drug-likeness (QED) is 0.898. The molecule has 1 heterocycles. The molecule has 2 aromatic rings. The first-order valence-electron chi connectivity index (χ1n) is 5.98. The molecule has 18 heavy (non-hydrogen) atoms. The third kappa shape index (κ3) is 2.57. The van der Waals surface area contributed by atoms with Gasteiger partial charge in [-0.3, -0.25) is 4.98 Å². The van der Waals surface area contributed by atoms with Gasteiger partial charge in [0.2, 0.25) is 0 Å². The van der Waals surface area contributed by atoms with Crippen molar-refractivity contribution in [1.82, 2.24) is 4.98 Å². The van der Waals surface area contributed by atoms with E-state index in [0.29, 0.717) is 11.5 Å². The summed E-state index contributed by atoms with van der Waals surface area (Å²) in [7, 11) is 0. The Kier molecular flexibility index (Phi) is 3.72. The summed E-state index contributed by atoms with van der Waals surface area (Å²) in [6.07, 6.45) is 0.455. The minimum atomic E-state index is -1.02. The second-order valence-electron chi connectivity index (χ2n) is 4.59. The van der Waals surface area contributed by atoms with Crippen molar-refractivity contribution in [2.24, 2.45) is 0 Å². The van der Waals surface area contributed by atoms with Crippen molar-refractivity contribution in [2.45, 2.75) is 25.9 Å². The fraction of sp³-hybridized carbons (Fsp3) is 0.267. The molecule has 0 aliphatic heterocycles. The van der Waals surface area contributed by atoms with Crippen LogP contribution in [0.25, 0.3) is 0 Å². The summed E-state index contributed by atoms with van der Waals surface area (Å²) in [4.78, 5) is 3.89. The van der Waals surface area contributed by atoms with Crippen molar-refractivity contribution in [3.05, 3.63) is 65.2 Å². The van der Waals surface area contributed by atoms with Crippen LogP contribution in [0.15, 0.2) is 42.6 Å². The molecule has 0 aliphatic rings. The summed E-state index contributed by atoms with van der Waals surface area (Å²) < 4.78 is 13.5. The van der Waals surface area contributed by atoms with Gasteiger partial charge < -0.3 is 5.11 Å². The second-order valence-corrected chi connectivity index (χ2v) is 4.59. The molecule has 0 aliphatic carbocycles. The van der Waals surface area contributed by atoms with Crippen molar-refractivity contribution in [3.8, 4) is 0 Å². The number of hydrogen-bond acceptors (Lipinski definition) is 2. The zero-order valence-electron chi connectivity index (χ0n) is 10.5. The lowest BCUT2D eigenvalue weighted by Crippen LogP contribution is -2.05. The number of nitrogens with zero attached hydrogens (tertiary/aromatic N) is 1. The molecule has 94 valence electrons. The van der Waals surface area contributed by atoms with E-state index in [1.54, 1.807) is 0 Å². The first-order chi connectivity index (χ1) is 8.59. The summed E-state index contributed by atoms with van der Waals surface area (Å²) in [6.45, 7) is 4.20. The lowest BCUT2D eigenvalue weighted by Gasteiger charge is -2.12. The predicted molar refractivity (Wildman–Crippen MR) is 68.8 cm³/mol. The highest BCUT2D eigenvalue weighted by Gasteiger charge is 2.16. The zero-order chi connectivity index (χ0) is 13.1. The smallest absolute Gasteiger partial charge is 0.147 e. The van der Waals surface area contributed by atoms with Gasteiger partial charge in [0.15, 0.2) is 0 Å². The van der Waals surface area contributed by atoms with E-state index in [1.807, 2.05) is 24.3 Å². The van der Waals surface area contributed by atoms with Gasteiger partial charge in [0, 0.05) is 6.20 Å². The Morgan fingerprint density at radius 1 is 1.06 bits per heavy atom. The fourth-order valence-electron chi connectivity index (χ4n) is 1.82. The van der Waals surface area contributed by atoms with Gasteiger partial charge in [-0.1, -0.05) is 38.1 Å². The number of aliphatic hydroxyl groups is 1. The molecule has 0 saturated heterocycles. The van der Waals surface area contributed by atoms with Gasteiger partial charge in [0.05, 0.1) is 0 Å². The molecule has 1 aromatic heterocycles. The third-order valence-electron chi connectivity index (χ3n) is 2.96. The molecule has 1 atom stereocenters. The molecule has 0 saturated carbocycles. The van der Waals surface area contributed by atoms with E-state index in [-0.39, 0.29) is 5.69 Å². The molecular weight excluding hydrogens is 229 g/mol. The number of aromatic nitrogens is 1. The van der Waals surface area contributed by atoms with Crippen LogP contribution in [0.3, 0.4) is 0 Å². The molecule has 0 bridgehead atoms.